The normalized spacial score (nSPS) is 34.6. The molecular formula is C23H30N2O3. The predicted octanol–water partition coefficient (Wildman–Crippen LogP) is 2.99. The number of carbonyl (C=O) groups excluding carboxylic acids is 2. The average Bonchev–Trinajstić information content (AvgIpc) is 3.34. The molecule has 0 bridgehead atoms. The second-order valence-corrected chi connectivity index (χ2v) is 9.18. The standard InChI is InChI=1S/C23H30N2O3/c1-3-25(15-9-12-24(2)13-10-15)22(27)20-17-8-11-23(21(17)20)14-18(26)16-6-4-5-7-19(16)28-23/h4-7,15,17,20-21H,3,8-14H2,1-2H3/t17-,20+,21+,23-/m0/s1. The number of fused-ring (bicyclic) bond motifs is 3. The third-order valence-corrected chi connectivity index (χ3v) is 7.68. The van der Waals surface area contributed by atoms with Crippen LogP contribution in [0.2, 0.25) is 0 Å². The molecule has 5 rings (SSSR count). The van der Waals surface area contributed by atoms with Gasteiger partial charge in [0, 0.05) is 24.4 Å². The van der Waals surface area contributed by atoms with Crippen molar-refractivity contribution in [2.45, 2.75) is 50.7 Å². The number of hydrogen-bond acceptors (Lipinski definition) is 4. The Morgan fingerprint density at radius 3 is 2.75 bits per heavy atom. The van der Waals surface area contributed by atoms with Crippen LogP contribution in [0.1, 0.15) is 49.4 Å². The van der Waals surface area contributed by atoms with E-state index >= 15 is 0 Å². The lowest BCUT2D eigenvalue weighted by atomic mass is 9.84. The van der Waals surface area contributed by atoms with Crippen LogP contribution < -0.4 is 4.74 Å². The van der Waals surface area contributed by atoms with Crippen molar-refractivity contribution in [3.8, 4) is 5.75 Å². The highest BCUT2D eigenvalue weighted by Gasteiger charge is 2.71. The Kier molecular flexibility index (Phi) is 4.27. The second-order valence-electron chi connectivity index (χ2n) is 9.18. The molecular weight excluding hydrogens is 352 g/mol. The van der Waals surface area contributed by atoms with Gasteiger partial charge < -0.3 is 14.5 Å². The van der Waals surface area contributed by atoms with Crippen LogP contribution in [-0.4, -0.2) is 59.8 Å². The maximum atomic E-state index is 13.5. The molecule has 0 unspecified atom stereocenters. The zero-order valence-corrected chi connectivity index (χ0v) is 16.9. The number of ketones is 1. The van der Waals surface area contributed by atoms with Crippen molar-refractivity contribution in [2.75, 3.05) is 26.7 Å². The molecule has 1 spiro atoms. The quantitative estimate of drug-likeness (QED) is 0.806. The van der Waals surface area contributed by atoms with Crippen LogP contribution in [-0.2, 0) is 4.79 Å². The molecule has 2 aliphatic heterocycles. The van der Waals surface area contributed by atoms with Gasteiger partial charge in [-0.1, -0.05) is 12.1 Å². The van der Waals surface area contributed by atoms with E-state index in [4.69, 9.17) is 4.74 Å². The molecule has 2 saturated carbocycles. The fourth-order valence-electron chi connectivity index (χ4n) is 6.19. The molecule has 2 aliphatic carbocycles. The molecule has 5 nitrogen and oxygen atoms in total. The first-order chi connectivity index (χ1) is 13.5. The molecule has 1 aromatic carbocycles. The Balaban J connectivity index is 1.34. The fraction of sp³-hybridized carbons (Fsp3) is 0.652. The van der Waals surface area contributed by atoms with Crippen molar-refractivity contribution >= 4 is 11.7 Å². The first-order valence-electron chi connectivity index (χ1n) is 10.8. The van der Waals surface area contributed by atoms with Gasteiger partial charge in [0.05, 0.1) is 12.0 Å². The largest absolute Gasteiger partial charge is 0.486 e. The minimum Gasteiger partial charge on any atom is -0.486 e. The van der Waals surface area contributed by atoms with E-state index in [1.165, 1.54) is 0 Å². The topological polar surface area (TPSA) is 49.9 Å². The SMILES string of the molecule is CCN(C(=O)[C@@H]1[C@@H]2CC[C@]3(CC(=O)c4ccccc4O3)[C@H]21)C1CCN(C)CC1. The summed E-state index contributed by atoms with van der Waals surface area (Å²) in [6.07, 6.45) is 4.45. The van der Waals surface area contributed by atoms with Crippen LogP contribution >= 0.6 is 0 Å². The van der Waals surface area contributed by atoms with E-state index in [0.29, 0.717) is 35.6 Å². The van der Waals surface area contributed by atoms with Crippen LogP contribution in [0, 0.1) is 17.8 Å². The molecule has 0 radical (unpaired) electrons. The maximum Gasteiger partial charge on any atom is 0.226 e. The number of hydrogen-bond donors (Lipinski definition) is 0. The van der Waals surface area contributed by atoms with Gasteiger partial charge >= 0.3 is 0 Å². The first-order valence-corrected chi connectivity index (χ1v) is 10.8. The second kappa shape index (κ2) is 6.58. The van der Waals surface area contributed by atoms with Crippen LogP contribution in [0.4, 0.5) is 0 Å². The number of piperidine rings is 1. The molecule has 2 heterocycles. The van der Waals surface area contributed by atoms with Gasteiger partial charge in [-0.25, -0.2) is 0 Å². The summed E-state index contributed by atoms with van der Waals surface area (Å²) in [7, 11) is 2.15. The van der Waals surface area contributed by atoms with Gasteiger partial charge in [0.25, 0.3) is 0 Å². The van der Waals surface area contributed by atoms with E-state index in [1.807, 2.05) is 24.3 Å². The number of nitrogens with zero attached hydrogens (tertiary/aromatic N) is 2. The monoisotopic (exact) mass is 382 g/mol. The molecule has 0 aromatic heterocycles. The van der Waals surface area contributed by atoms with E-state index in [9.17, 15) is 9.59 Å². The number of para-hydroxylation sites is 1. The molecule has 28 heavy (non-hydrogen) atoms. The van der Waals surface area contributed by atoms with Crippen molar-refractivity contribution in [3.05, 3.63) is 29.8 Å². The molecule has 3 fully saturated rings. The summed E-state index contributed by atoms with van der Waals surface area (Å²) in [4.78, 5) is 30.7. The van der Waals surface area contributed by atoms with Crippen molar-refractivity contribution in [1.82, 2.24) is 9.80 Å². The molecule has 0 N–H and O–H groups in total. The third-order valence-electron chi connectivity index (χ3n) is 7.68. The molecule has 4 aliphatic rings. The Morgan fingerprint density at radius 1 is 1.25 bits per heavy atom. The molecule has 150 valence electrons. The summed E-state index contributed by atoms with van der Waals surface area (Å²) in [6, 6.07) is 7.93. The smallest absolute Gasteiger partial charge is 0.226 e. The minimum absolute atomic E-state index is 0.0476. The van der Waals surface area contributed by atoms with Crippen molar-refractivity contribution in [3.63, 3.8) is 0 Å². The summed E-state index contributed by atoms with van der Waals surface area (Å²) < 4.78 is 6.46. The molecule has 4 atom stereocenters. The number of Topliss-reactive ketones (excluding diaryl/α,β-unsaturated/α-hetero) is 1. The molecule has 1 aromatic rings. The van der Waals surface area contributed by atoms with Crippen molar-refractivity contribution in [1.29, 1.82) is 0 Å². The van der Waals surface area contributed by atoms with E-state index < -0.39 is 5.60 Å². The molecule has 1 amide bonds. The van der Waals surface area contributed by atoms with E-state index in [2.05, 4.69) is 23.8 Å². The van der Waals surface area contributed by atoms with Crippen LogP contribution in [0.25, 0.3) is 0 Å². The highest BCUT2D eigenvalue weighted by molar-refractivity contribution is 6.00. The first kappa shape index (κ1) is 18.2. The van der Waals surface area contributed by atoms with E-state index in [-0.39, 0.29) is 17.6 Å². The Morgan fingerprint density at radius 2 is 2.00 bits per heavy atom. The molecule has 1 saturated heterocycles. The average molecular weight is 383 g/mol. The van der Waals surface area contributed by atoms with Gasteiger partial charge in [-0.3, -0.25) is 9.59 Å². The molecule has 5 heteroatoms. The van der Waals surface area contributed by atoms with Crippen molar-refractivity contribution in [2.24, 2.45) is 17.8 Å². The van der Waals surface area contributed by atoms with Gasteiger partial charge in [0.2, 0.25) is 5.91 Å². The number of carbonyl (C=O) groups is 2. The lowest BCUT2D eigenvalue weighted by Crippen LogP contribution is -2.49. The van der Waals surface area contributed by atoms with Gasteiger partial charge in [-0.15, -0.1) is 0 Å². The Hall–Kier alpha value is -1.88. The van der Waals surface area contributed by atoms with Gasteiger partial charge in [0.15, 0.2) is 5.78 Å². The summed E-state index contributed by atoms with van der Waals surface area (Å²) in [5, 5.41) is 0. The Bertz CT molecular complexity index is 801. The maximum absolute atomic E-state index is 13.5. The number of ether oxygens (including phenoxy) is 1. The third kappa shape index (κ3) is 2.70. The zero-order valence-electron chi connectivity index (χ0n) is 16.9. The van der Waals surface area contributed by atoms with Crippen LogP contribution in [0.3, 0.4) is 0 Å². The van der Waals surface area contributed by atoms with E-state index in [0.717, 1.165) is 45.3 Å². The highest BCUT2D eigenvalue weighted by atomic mass is 16.5. The summed E-state index contributed by atoms with van der Waals surface area (Å²) in [6.45, 7) is 4.99. The lowest BCUT2D eigenvalue weighted by molar-refractivity contribution is -0.137. The van der Waals surface area contributed by atoms with Crippen molar-refractivity contribution < 1.29 is 14.3 Å². The predicted molar refractivity (Wildman–Crippen MR) is 106 cm³/mol. The summed E-state index contributed by atoms with van der Waals surface area (Å²) >= 11 is 0. The van der Waals surface area contributed by atoms with Gasteiger partial charge in [-0.2, -0.15) is 0 Å². The number of benzene rings is 1. The Labute approximate surface area is 167 Å². The number of likely N-dealkylation sites (tertiary alicyclic amines) is 1. The summed E-state index contributed by atoms with van der Waals surface area (Å²) in [5.74, 6) is 1.83. The highest BCUT2D eigenvalue weighted by Crippen LogP contribution is 2.66. The van der Waals surface area contributed by atoms with E-state index in [1.54, 1.807) is 0 Å². The minimum atomic E-state index is -0.456. The lowest BCUT2D eigenvalue weighted by Gasteiger charge is -2.39. The zero-order chi connectivity index (χ0) is 19.5. The van der Waals surface area contributed by atoms with Crippen LogP contribution in [0.5, 0.6) is 5.75 Å². The summed E-state index contributed by atoms with van der Waals surface area (Å²) in [5.41, 5.74) is 0.240. The number of rotatable bonds is 3. The van der Waals surface area contributed by atoms with Gasteiger partial charge in [-0.05, 0) is 70.8 Å². The number of amides is 1. The fourth-order valence-corrected chi connectivity index (χ4v) is 6.19. The van der Waals surface area contributed by atoms with Crippen LogP contribution in [0.15, 0.2) is 24.3 Å². The van der Waals surface area contributed by atoms with Gasteiger partial charge in [0.1, 0.15) is 11.4 Å².